The average Bonchev–Trinajstić information content (AvgIpc) is 3.17. The number of rotatable bonds is 5. The number of hydrogen-bond acceptors (Lipinski definition) is 4. The van der Waals surface area contributed by atoms with Gasteiger partial charge in [-0.2, -0.15) is 0 Å². The fourth-order valence-electron chi connectivity index (χ4n) is 4.35. The number of amides is 1. The van der Waals surface area contributed by atoms with E-state index in [4.69, 9.17) is 0 Å². The maximum atomic E-state index is 12.1. The molecule has 3 aromatic heterocycles. The number of piperidine rings is 1. The highest BCUT2D eigenvalue weighted by atomic mass is 16.1. The Morgan fingerprint density at radius 2 is 1.78 bits per heavy atom. The van der Waals surface area contributed by atoms with E-state index in [-0.39, 0.29) is 11.8 Å². The third-order valence-electron chi connectivity index (χ3n) is 6.25. The fourth-order valence-corrected chi connectivity index (χ4v) is 4.35. The van der Waals surface area contributed by atoms with E-state index in [2.05, 4.69) is 55.5 Å². The zero-order valence-corrected chi connectivity index (χ0v) is 18.7. The first kappa shape index (κ1) is 20.6. The summed E-state index contributed by atoms with van der Waals surface area (Å²) in [6.07, 6.45) is 7.65. The van der Waals surface area contributed by atoms with E-state index >= 15 is 0 Å². The van der Waals surface area contributed by atoms with Crippen LogP contribution in [0, 0.1) is 5.92 Å². The second-order valence-electron chi connectivity index (χ2n) is 9.04. The first-order valence-corrected chi connectivity index (χ1v) is 11.5. The van der Waals surface area contributed by atoms with Crippen molar-refractivity contribution in [2.45, 2.75) is 39.7 Å². The predicted molar refractivity (Wildman–Crippen MR) is 129 cm³/mol. The molecule has 6 nitrogen and oxygen atoms in total. The summed E-state index contributed by atoms with van der Waals surface area (Å²) < 4.78 is 0. The fraction of sp³-hybridized carbons (Fsp3) is 0.346. The van der Waals surface area contributed by atoms with Crippen LogP contribution in [0.5, 0.6) is 0 Å². The molecule has 5 rings (SSSR count). The van der Waals surface area contributed by atoms with E-state index in [1.165, 1.54) is 37.9 Å². The topological polar surface area (TPSA) is 73.9 Å². The number of hydrogen-bond donors (Lipinski definition) is 2. The van der Waals surface area contributed by atoms with E-state index in [1.807, 2.05) is 26.1 Å². The normalized spacial score (nSPS) is 15.0. The van der Waals surface area contributed by atoms with Crippen LogP contribution in [0.25, 0.3) is 33.1 Å². The molecule has 1 aliphatic heterocycles. The van der Waals surface area contributed by atoms with E-state index < -0.39 is 0 Å². The molecule has 1 saturated heterocycles. The van der Waals surface area contributed by atoms with Crippen LogP contribution in [0.1, 0.15) is 38.7 Å². The van der Waals surface area contributed by atoms with Crippen molar-refractivity contribution in [1.82, 2.24) is 19.9 Å². The van der Waals surface area contributed by atoms with Gasteiger partial charge in [-0.05, 0) is 49.2 Å². The molecule has 0 atom stereocenters. The van der Waals surface area contributed by atoms with Crippen LogP contribution < -0.4 is 5.32 Å². The van der Waals surface area contributed by atoms with Gasteiger partial charge in [-0.3, -0.25) is 9.69 Å². The molecule has 1 aromatic carbocycles. The summed E-state index contributed by atoms with van der Waals surface area (Å²) in [5.74, 6) is 0.423. The number of H-pyrrole nitrogens is 1. The third-order valence-corrected chi connectivity index (χ3v) is 6.25. The van der Waals surface area contributed by atoms with Gasteiger partial charge in [0.1, 0.15) is 11.5 Å². The Kier molecular flexibility index (Phi) is 5.62. The summed E-state index contributed by atoms with van der Waals surface area (Å²) in [6, 6.07) is 12.9. The first-order chi connectivity index (χ1) is 15.6. The molecule has 164 valence electrons. The number of aromatic amines is 1. The highest BCUT2D eigenvalue weighted by molar-refractivity contribution is 6.08. The van der Waals surface area contributed by atoms with Gasteiger partial charge in [0.05, 0.1) is 11.7 Å². The van der Waals surface area contributed by atoms with Gasteiger partial charge in [0.2, 0.25) is 5.91 Å². The minimum atomic E-state index is -0.0957. The third kappa shape index (κ3) is 4.23. The van der Waals surface area contributed by atoms with E-state index in [1.54, 1.807) is 6.20 Å². The molecule has 4 heterocycles. The molecule has 0 spiro atoms. The molecule has 0 radical (unpaired) electrons. The quantitative estimate of drug-likeness (QED) is 0.450. The first-order valence-electron chi connectivity index (χ1n) is 11.5. The number of nitrogens with zero attached hydrogens (tertiary/aromatic N) is 3. The van der Waals surface area contributed by atoms with Crippen molar-refractivity contribution in [2.75, 3.05) is 18.4 Å². The van der Waals surface area contributed by atoms with Gasteiger partial charge in [0, 0.05) is 35.0 Å². The van der Waals surface area contributed by atoms with Gasteiger partial charge in [0.15, 0.2) is 0 Å². The molecule has 6 heteroatoms. The molecule has 1 amide bonds. The lowest BCUT2D eigenvalue weighted by Crippen LogP contribution is -2.28. The standard InChI is InChI=1S/C26H29N5O/c1-17(2)26(32)30-24-13-21-22-12-20(14-28-25(22)29-23(21)15-27-24)19-8-6-18(7-9-19)16-31-10-4-3-5-11-31/h6-9,12-15,17H,3-5,10-11,16H2,1-2H3,(H,28,29)(H,27,30,32). The van der Waals surface area contributed by atoms with Crippen molar-refractivity contribution in [3.8, 4) is 11.1 Å². The molecule has 0 bridgehead atoms. The van der Waals surface area contributed by atoms with Crippen LogP contribution in [0.2, 0.25) is 0 Å². The summed E-state index contributed by atoms with van der Waals surface area (Å²) in [7, 11) is 0. The number of carbonyl (C=O) groups excluding carboxylic acids is 1. The Hall–Kier alpha value is -3.25. The molecule has 32 heavy (non-hydrogen) atoms. The lowest BCUT2D eigenvalue weighted by molar-refractivity contribution is -0.118. The second kappa shape index (κ2) is 8.71. The number of pyridine rings is 2. The zero-order valence-electron chi connectivity index (χ0n) is 18.7. The SMILES string of the molecule is CC(C)C(=O)Nc1cc2c(cn1)[nH]c1ncc(-c3ccc(CN4CCCCC4)cc3)cc12. The van der Waals surface area contributed by atoms with Gasteiger partial charge < -0.3 is 10.3 Å². The highest BCUT2D eigenvalue weighted by Crippen LogP contribution is 2.30. The lowest BCUT2D eigenvalue weighted by atomic mass is 10.0. The molecule has 4 aromatic rings. The van der Waals surface area contributed by atoms with Gasteiger partial charge in [-0.1, -0.05) is 44.5 Å². The molecule has 0 unspecified atom stereocenters. The Morgan fingerprint density at radius 1 is 1.00 bits per heavy atom. The van der Waals surface area contributed by atoms with Crippen LogP contribution in [0.3, 0.4) is 0 Å². The molecule has 0 saturated carbocycles. The van der Waals surface area contributed by atoms with Gasteiger partial charge in [-0.15, -0.1) is 0 Å². The summed E-state index contributed by atoms with van der Waals surface area (Å²) in [4.78, 5) is 27.0. The van der Waals surface area contributed by atoms with E-state index in [0.717, 1.165) is 39.6 Å². The number of likely N-dealkylation sites (tertiary alicyclic amines) is 1. The molecular formula is C26H29N5O. The maximum Gasteiger partial charge on any atom is 0.228 e. The van der Waals surface area contributed by atoms with Gasteiger partial charge in [-0.25, -0.2) is 9.97 Å². The van der Waals surface area contributed by atoms with Crippen molar-refractivity contribution < 1.29 is 4.79 Å². The van der Waals surface area contributed by atoms with Crippen molar-refractivity contribution in [1.29, 1.82) is 0 Å². The van der Waals surface area contributed by atoms with Crippen molar-refractivity contribution in [3.63, 3.8) is 0 Å². The number of fused-ring (bicyclic) bond motifs is 3. The number of anilines is 1. The summed E-state index contributed by atoms with van der Waals surface area (Å²) >= 11 is 0. The Labute approximate surface area is 188 Å². The maximum absolute atomic E-state index is 12.1. The number of aromatic nitrogens is 3. The van der Waals surface area contributed by atoms with Crippen molar-refractivity contribution in [3.05, 3.63) is 54.4 Å². The summed E-state index contributed by atoms with van der Waals surface area (Å²) in [5, 5.41) is 4.92. The van der Waals surface area contributed by atoms with Gasteiger partial charge in [0.25, 0.3) is 0 Å². The van der Waals surface area contributed by atoms with Crippen LogP contribution in [0.15, 0.2) is 48.8 Å². The Bertz CT molecular complexity index is 1250. The zero-order chi connectivity index (χ0) is 22.1. The largest absolute Gasteiger partial charge is 0.338 e. The minimum absolute atomic E-state index is 0.0415. The smallest absolute Gasteiger partial charge is 0.228 e. The molecule has 1 fully saturated rings. The van der Waals surface area contributed by atoms with Crippen LogP contribution in [-0.2, 0) is 11.3 Å². The Balaban J connectivity index is 1.42. The number of benzene rings is 1. The van der Waals surface area contributed by atoms with Crippen LogP contribution >= 0.6 is 0 Å². The van der Waals surface area contributed by atoms with Crippen molar-refractivity contribution in [2.24, 2.45) is 5.92 Å². The lowest BCUT2D eigenvalue weighted by Gasteiger charge is -2.26. The summed E-state index contributed by atoms with van der Waals surface area (Å²) in [6.45, 7) is 7.17. The second-order valence-corrected chi connectivity index (χ2v) is 9.04. The van der Waals surface area contributed by atoms with Crippen molar-refractivity contribution >= 4 is 33.7 Å². The molecular weight excluding hydrogens is 398 g/mol. The van der Waals surface area contributed by atoms with Crippen LogP contribution in [0.4, 0.5) is 5.82 Å². The van der Waals surface area contributed by atoms with E-state index in [9.17, 15) is 4.79 Å². The molecule has 2 N–H and O–H groups in total. The van der Waals surface area contributed by atoms with Gasteiger partial charge >= 0.3 is 0 Å². The molecule has 0 aliphatic carbocycles. The Morgan fingerprint density at radius 3 is 2.53 bits per heavy atom. The highest BCUT2D eigenvalue weighted by Gasteiger charge is 2.13. The summed E-state index contributed by atoms with van der Waals surface area (Å²) in [5.41, 5.74) is 5.31. The molecule has 1 aliphatic rings. The van der Waals surface area contributed by atoms with Crippen LogP contribution in [-0.4, -0.2) is 38.8 Å². The predicted octanol–water partition coefficient (Wildman–Crippen LogP) is 5.36. The number of nitrogens with one attached hydrogen (secondary N) is 2. The monoisotopic (exact) mass is 427 g/mol. The number of carbonyl (C=O) groups is 1. The van der Waals surface area contributed by atoms with E-state index in [0.29, 0.717) is 5.82 Å². The minimum Gasteiger partial charge on any atom is -0.338 e. The average molecular weight is 428 g/mol.